The third-order valence-corrected chi connectivity index (χ3v) is 5.04. The van der Waals surface area contributed by atoms with Gasteiger partial charge in [0.15, 0.2) is 11.6 Å². The summed E-state index contributed by atoms with van der Waals surface area (Å²) in [5.74, 6) is -1.11. The van der Waals surface area contributed by atoms with Gasteiger partial charge in [-0.15, -0.1) is 0 Å². The molecule has 0 saturated heterocycles. The number of benzene rings is 3. The van der Waals surface area contributed by atoms with Crippen LogP contribution in [0.5, 0.6) is 0 Å². The lowest BCUT2D eigenvalue weighted by atomic mass is 9.77. The lowest BCUT2D eigenvalue weighted by Crippen LogP contribution is -2.25. The molecule has 0 fully saturated rings. The van der Waals surface area contributed by atoms with Gasteiger partial charge in [-0.25, -0.2) is 0 Å². The largest absolute Gasteiger partial charge is 0.293 e. The van der Waals surface area contributed by atoms with Crippen molar-refractivity contribution in [3.8, 4) is 0 Å². The lowest BCUT2D eigenvalue weighted by molar-refractivity contribution is 0.0825. The van der Waals surface area contributed by atoms with Crippen molar-refractivity contribution < 1.29 is 9.59 Å². The Morgan fingerprint density at radius 1 is 0.680 bits per heavy atom. The molecule has 1 aliphatic carbocycles. The molecule has 1 unspecified atom stereocenters. The summed E-state index contributed by atoms with van der Waals surface area (Å²) < 4.78 is 0. The van der Waals surface area contributed by atoms with Crippen LogP contribution in [0.3, 0.4) is 0 Å². The van der Waals surface area contributed by atoms with Crippen molar-refractivity contribution in [2.24, 2.45) is 5.92 Å². The fourth-order valence-corrected chi connectivity index (χ4v) is 3.82. The highest BCUT2D eigenvalue weighted by atomic mass is 16.2. The van der Waals surface area contributed by atoms with E-state index >= 15 is 0 Å². The van der Waals surface area contributed by atoms with Gasteiger partial charge in [0.1, 0.15) is 0 Å². The number of ketones is 2. The Balaban J connectivity index is 1.90. The van der Waals surface area contributed by atoms with E-state index in [1.807, 2.05) is 73.7 Å². The molecule has 1 atom stereocenters. The van der Waals surface area contributed by atoms with E-state index in [0.29, 0.717) is 11.1 Å². The van der Waals surface area contributed by atoms with Gasteiger partial charge in [-0.05, 0) is 23.6 Å². The van der Waals surface area contributed by atoms with Crippen LogP contribution in [0.2, 0.25) is 0 Å². The normalized spacial score (nSPS) is 15.2. The third-order valence-electron chi connectivity index (χ3n) is 5.04. The van der Waals surface area contributed by atoms with Crippen LogP contribution in [0.4, 0.5) is 0 Å². The molecule has 0 aliphatic heterocycles. The van der Waals surface area contributed by atoms with Gasteiger partial charge in [0.05, 0.1) is 5.92 Å². The fourth-order valence-electron chi connectivity index (χ4n) is 3.82. The Hall–Kier alpha value is -3.00. The summed E-state index contributed by atoms with van der Waals surface area (Å²) in [7, 11) is 0. The topological polar surface area (TPSA) is 34.1 Å². The van der Waals surface area contributed by atoms with Crippen LogP contribution in [0, 0.1) is 12.8 Å². The molecule has 3 aromatic rings. The summed E-state index contributed by atoms with van der Waals surface area (Å²) in [5.41, 5.74) is 4.22. The van der Waals surface area contributed by atoms with E-state index in [4.69, 9.17) is 0 Å². The molecular formula is C23H18O2. The second kappa shape index (κ2) is 6.14. The van der Waals surface area contributed by atoms with Crippen molar-refractivity contribution in [1.82, 2.24) is 0 Å². The minimum atomic E-state index is -0.694. The number of carbonyl (C=O) groups is 2. The Bertz CT molecular complexity index is 922. The summed E-state index contributed by atoms with van der Waals surface area (Å²) in [6, 6.07) is 25.0. The summed E-state index contributed by atoms with van der Waals surface area (Å²) in [5, 5.41) is 0. The summed E-state index contributed by atoms with van der Waals surface area (Å²) >= 11 is 0. The minimum Gasteiger partial charge on any atom is -0.293 e. The van der Waals surface area contributed by atoms with Crippen molar-refractivity contribution >= 4 is 11.6 Å². The second-order valence-electron chi connectivity index (χ2n) is 6.50. The van der Waals surface area contributed by atoms with E-state index in [-0.39, 0.29) is 17.5 Å². The van der Waals surface area contributed by atoms with Crippen LogP contribution < -0.4 is 0 Å². The SMILES string of the molecule is Cc1ccccc1C(c1ccccc1)C1C(=O)c2ccccc2C1=O. The van der Waals surface area contributed by atoms with E-state index in [1.54, 1.807) is 12.1 Å². The van der Waals surface area contributed by atoms with E-state index in [0.717, 1.165) is 16.7 Å². The quantitative estimate of drug-likeness (QED) is 0.647. The maximum atomic E-state index is 13.1. The second-order valence-corrected chi connectivity index (χ2v) is 6.50. The molecule has 0 heterocycles. The first-order chi connectivity index (χ1) is 12.2. The Morgan fingerprint density at radius 2 is 1.20 bits per heavy atom. The van der Waals surface area contributed by atoms with Gasteiger partial charge in [0.2, 0.25) is 0 Å². The van der Waals surface area contributed by atoms with Crippen LogP contribution >= 0.6 is 0 Å². The molecule has 2 nitrogen and oxygen atoms in total. The first-order valence-corrected chi connectivity index (χ1v) is 8.46. The molecule has 0 spiro atoms. The van der Waals surface area contributed by atoms with Gasteiger partial charge in [-0.3, -0.25) is 9.59 Å². The van der Waals surface area contributed by atoms with Gasteiger partial charge in [0, 0.05) is 17.0 Å². The van der Waals surface area contributed by atoms with Crippen molar-refractivity contribution in [2.45, 2.75) is 12.8 Å². The summed E-state index contributed by atoms with van der Waals surface area (Å²) in [4.78, 5) is 26.2. The van der Waals surface area contributed by atoms with Crippen LogP contribution in [0.1, 0.15) is 43.3 Å². The zero-order valence-corrected chi connectivity index (χ0v) is 14.0. The average Bonchev–Trinajstić information content (AvgIpc) is 2.90. The first kappa shape index (κ1) is 15.5. The molecule has 1 aliphatic rings. The monoisotopic (exact) mass is 326 g/mol. The molecule has 0 bridgehead atoms. The minimum absolute atomic E-state index is 0.0716. The molecule has 4 rings (SSSR count). The predicted octanol–water partition coefficient (Wildman–Crippen LogP) is 4.82. The van der Waals surface area contributed by atoms with E-state index in [9.17, 15) is 9.59 Å². The number of aryl methyl sites for hydroxylation is 1. The highest BCUT2D eigenvalue weighted by molar-refractivity contribution is 6.27. The number of Topliss-reactive ketones (excluding diaryl/α,β-unsaturated/α-hetero) is 2. The van der Waals surface area contributed by atoms with Crippen LogP contribution in [0.25, 0.3) is 0 Å². The molecule has 0 N–H and O–H groups in total. The zero-order chi connectivity index (χ0) is 17.4. The first-order valence-electron chi connectivity index (χ1n) is 8.46. The van der Waals surface area contributed by atoms with E-state index < -0.39 is 5.92 Å². The maximum Gasteiger partial charge on any atom is 0.175 e. The standard InChI is InChI=1S/C23H18O2/c1-15-9-5-6-12-17(15)20(16-10-3-2-4-11-16)21-22(24)18-13-7-8-14-19(18)23(21)25/h2-14,20-21H,1H3. The molecule has 0 saturated carbocycles. The Morgan fingerprint density at radius 3 is 1.80 bits per heavy atom. The maximum absolute atomic E-state index is 13.1. The fraction of sp³-hybridized carbons (Fsp3) is 0.130. The summed E-state index contributed by atoms with van der Waals surface area (Å²) in [6.45, 7) is 2.03. The van der Waals surface area contributed by atoms with Crippen LogP contribution in [0.15, 0.2) is 78.9 Å². The van der Waals surface area contributed by atoms with Gasteiger partial charge in [-0.2, -0.15) is 0 Å². The molecule has 0 amide bonds. The number of rotatable bonds is 3. The molecular weight excluding hydrogens is 308 g/mol. The van der Waals surface area contributed by atoms with Gasteiger partial charge < -0.3 is 0 Å². The molecule has 3 aromatic carbocycles. The number of hydrogen-bond donors (Lipinski definition) is 0. The predicted molar refractivity (Wildman–Crippen MR) is 98.1 cm³/mol. The van der Waals surface area contributed by atoms with E-state index in [1.165, 1.54) is 0 Å². The van der Waals surface area contributed by atoms with Crippen molar-refractivity contribution in [3.63, 3.8) is 0 Å². The highest BCUT2D eigenvalue weighted by Crippen LogP contribution is 2.41. The van der Waals surface area contributed by atoms with Crippen molar-refractivity contribution in [3.05, 3.63) is 107 Å². The molecule has 2 heteroatoms. The lowest BCUT2D eigenvalue weighted by Gasteiger charge is -2.24. The van der Waals surface area contributed by atoms with Crippen LogP contribution in [-0.2, 0) is 0 Å². The molecule has 25 heavy (non-hydrogen) atoms. The molecule has 0 radical (unpaired) electrons. The molecule has 0 aromatic heterocycles. The van der Waals surface area contributed by atoms with Crippen LogP contribution in [-0.4, -0.2) is 11.6 Å². The highest BCUT2D eigenvalue weighted by Gasteiger charge is 2.44. The number of carbonyl (C=O) groups excluding carboxylic acids is 2. The zero-order valence-electron chi connectivity index (χ0n) is 14.0. The van der Waals surface area contributed by atoms with Gasteiger partial charge >= 0.3 is 0 Å². The Labute approximate surface area is 147 Å². The summed E-state index contributed by atoms with van der Waals surface area (Å²) in [6.07, 6.45) is 0. The van der Waals surface area contributed by atoms with E-state index in [2.05, 4.69) is 0 Å². The Kier molecular flexibility index (Phi) is 3.81. The molecule has 122 valence electrons. The average molecular weight is 326 g/mol. The van der Waals surface area contributed by atoms with Gasteiger partial charge in [-0.1, -0.05) is 78.9 Å². The van der Waals surface area contributed by atoms with Crippen molar-refractivity contribution in [2.75, 3.05) is 0 Å². The number of hydrogen-bond acceptors (Lipinski definition) is 2. The third kappa shape index (κ3) is 2.51. The smallest absolute Gasteiger partial charge is 0.175 e. The van der Waals surface area contributed by atoms with Crippen molar-refractivity contribution in [1.29, 1.82) is 0 Å². The van der Waals surface area contributed by atoms with Gasteiger partial charge in [0.25, 0.3) is 0 Å². The number of fused-ring (bicyclic) bond motifs is 1.